The summed E-state index contributed by atoms with van der Waals surface area (Å²) >= 11 is 1.52. The van der Waals surface area contributed by atoms with E-state index in [0.717, 1.165) is 5.69 Å². The molecule has 1 rings (SSSR count). The molecule has 0 bridgehead atoms. The first-order valence-electron chi connectivity index (χ1n) is 6.66. The second-order valence-corrected chi connectivity index (χ2v) is 5.35. The monoisotopic (exact) mass is 299 g/mol. The topological polar surface area (TPSA) is 91.3 Å². The lowest BCUT2D eigenvalue weighted by molar-refractivity contribution is -0.149. The highest BCUT2D eigenvalue weighted by atomic mass is 32.1. The van der Waals surface area contributed by atoms with Crippen molar-refractivity contribution >= 4 is 23.3 Å². The van der Waals surface area contributed by atoms with E-state index in [2.05, 4.69) is 15.6 Å². The van der Waals surface area contributed by atoms with Crippen molar-refractivity contribution in [2.75, 3.05) is 13.1 Å². The van der Waals surface area contributed by atoms with Crippen LogP contribution in [0.25, 0.3) is 0 Å². The third kappa shape index (κ3) is 4.48. The molecule has 0 saturated carbocycles. The molecule has 2 amide bonds. The van der Waals surface area contributed by atoms with Crippen LogP contribution in [0.4, 0.5) is 4.79 Å². The lowest BCUT2D eigenvalue weighted by atomic mass is 9.82. The van der Waals surface area contributed by atoms with Crippen LogP contribution < -0.4 is 10.6 Å². The van der Waals surface area contributed by atoms with E-state index in [1.54, 1.807) is 5.51 Å². The van der Waals surface area contributed by atoms with Gasteiger partial charge >= 0.3 is 12.0 Å². The van der Waals surface area contributed by atoms with E-state index >= 15 is 0 Å². The fraction of sp³-hybridized carbons (Fsp3) is 0.615. The number of amides is 2. The number of hydrogen-bond donors (Lipinski definition) is 3. The lowest BCUT2D eigenvalue weighted by Crippen LogP contribution is -2.46. The van der Waals surface area contributed by atoms with Gasteiger partial charge in [0.25, 0.3) is 0 Å². The molecule has 1 heterocycles. The van der Waals surface area contributed by atoms with Crippen LogP contribution >= 0.6 is 11.3 Å². The molecule has 0 atom stereocenters. The van der Waals surface area contributed by atoms with E-state index in [4.69, 9.17) is 0 Å². The molecule has 0 aliphatic carbocycles. The molecule has 1 aromatic rings. The number of rotatable bonds is 8. The molecule has 112 valence electrons. The molecule has 0 aliphatic rings. The average Bonchev–Trinajstić information content (AvgIpc) is 2.93. The Bertz CT molecular complexity index is 430. The van der Waals surface area contributed by atoms with Crippen molar-refractivity contribution in [3.63, 3.8) is 0 Å². The summed E-state index contributed by atoms with van der Waals surface area (Å²) in [5.41, 5.74) is 1.81. The van der Waals surface area contributed by atoms with Gasteiger partial charge in [0.05, 0.1) is 16.6 Å². The number of aromatic nitrogens is 1. The van der Waals surface area contributed by atoms with Gasteiger partial charge in [-0.1, -0.05) is 13.8 Å². The van der Waals surface area contributed by atoms with Gasteiger partial charge in [-0.2, -0.15) is 0 Å². The summed E-state index contributed by atoms with van der Waals surface area (Å²) in [6, 6.07) is -0.340. The molecule has 0 unspecified atom stereocenters. The summed E-state index contributed by atoms with van der Waals surface area (Å²) in [4.78, 5) is 27.0. The Hall–Kier alpha value is -1.63. The van der Waals surface area contributed by atoms with Crippen LogP contribution in [0.5, 0.6) is 0 Å². The van der Waals surface area contributed by atoms with Crippen molar-refractivity contribution in [1.29, 1.82) is 0 Å². The minimum Gasteiger partial charge on any atom is -0.481 e. The van der Waals surface area contributed by atoms with E-state index in [1.165, 1.54) is 11.3 Å². The largest absolute Gasteiger partial charge is 0.481 e. The number of urea groups is 1. The number of carbonyl (C=O) groups excluding carboxylic acids is 1. The molecular formula is C13H21N3O3S. The Balaban J connectivity index is 2.33. The summed E-state index contributed by atoms with van der Waals surface area (Å²) in [7, 11) is 0. The molecule has 3 N–H and O–H groups in total. The number of nitrogens with one attached hydrogen (secondary N) is 2. The van der Waals surface area contributed by atoms with Crippen LogP contribution in [0.1, 0.15) is 32.4 Å². The van der Waals surface area contributed by atoms with Crippen molar-refractivity contribution in [1.82, 2.24) is 15.6 Å². The summed E-state index contributed by atoms with van der Waals surface area (Å²) < 4.78 is 0. The molecule has 0 aromatic carbocycles. The van der Waals surface area contributed by atoms with Crippen molar-refractivity contribution in [3.8, 4) is 0 Å². The molecular weight excluding hydrogens is 278 g/mol. The van der Waals surface area contributed by atoms with Gasteiger partial charge in [-0.3, -0.25) is 4.79 Å². The highest BCUT2D eigenvalue weighted by Gasteiger charge is 2.35. The average molecular weight is 299 g/mol. The van der Waals surface area contributed by atoms with E-state index in [0.29, 0.717) is 25.8 Å². The Kier molecular flexibility index (Phi) is 6.44. The van der Waals surface area contributed by atoms with Gasteiger partial charge in [0.2, 0.25) is 0 Å². The molecule has 6 nitrogen and oxygen atoms in total. The first kappa shape index (κ1) is 16.4. The first-order chi connectivity index (χ1) is 9.54. The summed E-state index contributed by atoms with van der Waals surface area (Å²) in [6.07, 6.45) is 1.64. The zero-order valence-corrected chi connectivity index (χ0v) is 12.6. The van der Waals surface area contributed by atoms with Gasteiger partial charge in [-0.15, -0.1) is 11.3 Å². The molecule has 0 radical (unpaired) electrons. The summed E-state index contributed by atoms with van der Waals surface area (Å²) in [5, 5.41) is 16.5. The second kappa shape index (κ2) is 7.84. The normalized spacial score (nSPS) is 11.1. The van der Waals surface area contributed by atoms with Crippen LogP contribution in [-0.4, -0.2) is 35.2 Å². The highest BCUT2D eigenvalue weighted by molar-refractivity contribution is 7.07. The fourth-order valence-corrected chi connectivity index (χ4v) is 2.45. The first-order valence-corrected chi connectivity index (χ1v) is 7.60. The SMILES string of the molecule is CCC(CC)(CNC(=O)NCCc1cscn1)C(=O)O. The van der Waals surface area contributed by atoms with Crippen molar-refractivity contribution in [2.45, 2.75) is 33.1 Å². The minimum absolute atomic E-state index is 0.137. The fourth-order valence-electron chi connectivity index (χ4n) is 1.86. The van der Waals surface area contributed by atoms with Gasteiger partial charge in [0.15, 0.2) is 0 Å². The molecule has 20 heavy (non-hydrogen) atoms. The Labute approximate surface area is 122 Å². The number of carbonyl (C=O) groups is 2. The summed E-state index contributed by atoms with van der Waals surface area (Å²) in [6.45, 7) is 4.25. The Morgan fingerprint density at radius 2 is 2.05 bits per heavy atom. The van der Waals surface area contributed by atoms with Crippen molar-refractivity contribution in [2.24, 2.45) is 5.41 Å². The van der Waals surface area contributed by atoms with Crippen LogP contribution in [0, 0.1) is 5.41 Å². The van der Waals surface area contributed by atoms with E-state index in [9.17, 15) is 14.7 Å². The Morgan fingerprint density at radius 1 is 1.35 bits per heavy atom. The van der Waals surface area contributed by atoms with Gasteiger partial charge in [-0.25, -0.2) is 9.78 Å². The number of aliphatic carboxylic acids is 1. The van der Waals surface area contributed by atoms with Gasteiger partial charge in [0, 0.05) is 24.9 Å². The third-order valence-corrected chi connectivity index (χ3v) is 4.18. The van der Waals surface area contributed by atoms with Gasteiger partial charge in [0.1, 0.15) is 0 Å². The molecule has 0 saturated heterocycles. The molecule has 0 aliphatic heterocycles. The van der Waals surface area contributed by atoms with Crippen LogP contribution in [0.3, 0.4) is 0 Å². The van der Waals surface area contributed by atoms with Crippen LogP contribution in [-0.2, 0) is 11.2 Å². The van der Waals surface area contributed by atoms with E-state index in [-0.39, 0.29) is 12.6 Å². The van der Waals surface area contributed by atoms with Crippen LogP contribution in [0.15, 0.2) is 10.9 Å². The maximum atomic E-state index is 11.6. The zero-order chi connectivity index (χ0) is 15.0. The Morgan fingerprint density at radius 3 is 2.55 bits per heavy atom. The number of thiazole rings is 1. The molecule has 1 aromatic heterocycles. The standard InChI is InChI=1S/C13H21N3O3S/c1-3-13(4-2,11(17)18)8-15-12(19)14-6-5-10-7-20-9-16-10/h7,9H,3-6,8H2,1-2H3,(H,17,18)(H2,14,15,19). The molecule has 0 spiro atoms. The van der Waals surface area contributed by atoms with Gasteiger partial charge in [-0.05, 0) is 12.8 Å². The zero-order valence-electron chi connectivity index (χ0n) is 11.8. The van der Waals surface area contributed by atoms with Crippen molar-refractivity contribution in [3.05, 3.63) is 16.6 Å². The highest BCUT2D eigenvalue weighted by Crippen LogP contribution is 2.25. The van der Waals surface area contributed by atoms with Gasteiger partial charge < -0.3 is 15.7 Å². The third-order valence-electron chi connectivity index (χ3n) is 3.54. The van der Waals surface area contributed by atoms with Crippen molar-refractivity contribution < 1.29 is 14.7 Å². The predicted molar refractivity (Wildman–Crippen MR) is 77.9 cm³/mol. The maximum Gasteiger partial charge on any atom is 0.314 e. The maximum absolute atomic E-state index is 11.6. The second-order valence-electron chi connectivity index (χ2n) is 4.63. The number of carboxylic acids is 1. The lowest BCUT2D eigenvalue weighted by Gasteiger charge is -2.26. The number of carboxylic acid groups (broad SMARTS) is 1. The molecule has 0 fully saturated rings. The van der Waals surface area contributed by atoms with E-state index < -0.39 is 11.4 Å². The summed E-state index contributed by atoms with van der Waals surface area (Å²) in [5.74, 6) is -0.870. The number of hydrogen-bond acceptors (Lipinski definition) is 4. The quantitative estimate of drug-likeness (QED) is 0.683. The smallest absolute Gasteiger partial charge is 0.314 e. The van der Waals surface area contributed by atoms with Crippen LogP contribution in [0.2, 0.25) is 0 Å². The predicted octanol–water partition coefficient (Wildman–Crippen LogP) is 1.88. The minimum atomic E-state index is -0.883. The number of nitrogens with zero attached hydrogens (tertiary/aromatic N) is 1. The van der Waals surface area contributed by atoms with E-state index in [1.807, 2.05) is 19.2 Å². The molecule has 7 heteroatoms.